The number of aromatic hydroxyl groups is 1. The Balaban J connectivity index is 0.000000228. The summed E-state index contributed by atoms with van der Waals surface area (Å²) >= 11 is 0. The van der Waals surface area contributed by atoms with E-state index in [0.717, 1.165) is 25.4 Å². The second-order valence-electron chi connectivity index (χ2n) is 6.14. The van der Waals surface area contributed by atoms with Gasteiger partial charge in [0.1, 0.15) is 5.75 Å². The smallest absolute Gasteiger partial charge is 0.115 e. The van der Waals surface area contributed by atoms with Crippen molar-refractivity contribution in [3.8, 4) is 5.75 Å². The third-order valence-corrected chi connectivity index (χ3v) is 4.60. The van der Waals surface area contributed by atoms with Gasteiger partial charge in [-0.25, -0.2) is 0 Å². The maximum absolute atomic E-state index is 9.12. The summed E-state index contributed by atoms with van der Waals surface area (Å²) in [7, 11) is 0. The number of nitrogens with one attached hydrogen (secondary N) is 1. The van der Waals surface area contributed by atoms with Crippen molar-refractivity contribution in [1.82, 2.24) is 5.32 Å². The van der Waals surface area contributed by atoms with E-state index in [1.165, 1.54) is 49.7 Å². The van der Waals surface area contributed by atoms with E-state index in [0.29, 0.717) is 5.75 Å². The Morgan fingerprint density at radius 3 is 2.17 bits per heavy atom. The van der Waals surface area contributed by atoms with Crippen LogP contribution in [0.3, 0.4) is 0 Å². The topological polar surface area (TPSA) is 32.3 Å². The molecule has 0 amide bonds. The van der Waals surface area contributed by atoms with E-state index in [4.69, 9.17) is 5.11 Å². The molecule has 0 atom stereocenters. The standard InChI is InChI=1S/C11H13NO.C8H16.C2H6/c13-11-3-1-9(2-4-11)10-5-7-12-8-6-10;1-2-8-6-4-3-5-7-8;1-2/h1-5,12-13H,6-8H2;8H,2-7H2,1H3;1-2H3. The van der Waals surface area contributed by atoms with Crippen molar-refractivity contribution in [2.75, 3.05) is 13.1 Å². The molecule has 1 fully saturated rings. The van der Waals surface area contributed by atoms with E-state index >= 15 is 0 Å². The van der Waals surface area contributed by atoms with Crippen LogP contribution in [0.2, 0.25) is 0 Å². The third kappa shape index (κ3) is 7.69. The lowest BCUT2D eigenvalue weighted by Crippen LogP contribution is -2.19. The lowest BCUT2D eigenvalue weighted by molar-refractivity contribution is 0.349. The van der Waals surface area contributed by atoms with Gasteiger partial charge >= 0.3 is 0 Å². The molecule has 2 aliphatic rings. The first kappa shape index (κ1) is 19.8. The van der Waals surface area contributed by atoms with E-state index in [9.17, 15) is 0 Å². The molecule has 1 saturated carbocycles. The van der Waals surface area contributed by atoms with Crippen molar-refractivity contribution in [3.63, 3.8) is 0 Å². The lowest BCUT2D eigenvalue weighted by atomic mass is 9.88. The fourth-order valence-corrected chi connectivity index (χ4v) is 3.16. The van der Waals surface area contributed by atoms with Crippen molar-refractivity contribution in [2.24, 2.45) is 5.92 Å². The minimum atomic E-state index is 0.332. The summed E-state index contributed by atoms with van der Waals surface area (Å²) in [5, 5.41) is 12.4. The van der Waals surface area contributed by atoms with Crippen molar-refractivity contribution in [3.05, 3.63) is 35.9 Å². The van der Waals surface area contributed by atoms with Crippen LogP contribution < -0.4 is 5.32 Å². The van der Waals surface area contributed by atoms with Gasteiger partial charge < -0.3 is 10.4 Å². The Bertz CT molecular complexity index is 430. The van der Waals surface area contributed by atoms with Crippen LogP contribution >= 0.6 is 0 Å². The molecule has 1 aromatic rings. The minimum absolute atomic E-state index is 0.332. The molecule has 0 spiro atoms. The van der Waals surface area contributed by atoms with Gasteiger partial charge in [-0.1, -0.05) is 77.5 Å². The van der Waals surface area contributed by atoms with Crippen LogP contribution in [0.25, 0.3) is 5.57 Å². The molecule has 1 heterocycles. The lowest BCUT2D eigenvalue weighted by Gasteiger charge is -2.18. The molecule has 2 nitrogen and oxygen atoms in total. The summed E-state index contributed by atoms with van der Waals surface area (Å²) in [5.74, 6) is 1.42. The maximum Gasteiger partial charge on any atom is 0.115 e. The Morgan fingerprint density at radius 2 is 1.70 bits per heavy atom. The quantitative estimate of drug-likeness (QED) is 0.725. The normalized spacial score (nSPS) is 18.0. The SMILES string of the molecule is CC.CCC1CCCCC1.Oc1ccc(C2=CCNCC2)cc1. The van der Waals surface area contributed by atoms with Crippen LogP contribution in [-0.2, 0) is 0 Å². The number of hydrogen-bond acceptors (Lipinski definition) is 2. The molecule has 0 unspecified atom stereocenters. The summed E-state index contributed by atoms with van der Waals surface area (Å²) in [6, 6.07) is 7.40. The molecular formula is C21H35NO. The predicted octanol–water partition coefficient (Wildman–Crippen LogP) is 5.77. The predicted molar refractivity (Wildman–Crippen MR) is 102 cm³/mol. The average Bonchev–Trinajstić information content (AvgIpc) is 2.66. The highest BCUT2D eigenvalue weighted by molar-refractivity contribution is 5.66. The van der Waals surface area contributed by atoms with Crippen LogP contribution in [0.4, 0.5) is 0 Å². The van der Waals surface area contributed by atoms with Crippen molar-refractivity contribution in [2.45, 2.75) is 65.7 Å². The molecule has 1 aromatic carbocycles. The number of benzene rings is 1. The Labute approximate surface area is 143 Å². The van der Waals surface area contributed by atoms with Crippen LogP contribution in [0, 0.1) is 5.92 Å². The summed E-state index contributed by atoms with van der Waals surface area (Å²) < 4.78 is 0. The first-order chi connectivity index (χ1) is 11.3. The van der Waals surface area contributed by atoms with Gasteiger partial charge in [-0.05, 0) is 42.2 Å². The highest BCUT2D eigenvalue weighted by atomic mass is 16.3. The van der Waals surface area contributed by atoms with Crippen molar-refractivity contribution < 1.29 is 5.11 Å². The van der Waals surface area contributed by atoms with Gasteiger partial charge in [-0.2, -0.15) is 0 Å². The van der Waals surface area contributed by atoms with E-state index < -0.39 is 0 Å². The van der Waals surface area contributed by atoms with Gasteiger partial charge in [-0.3, -0.25) is 0 Å². The Morgan fingerprint density at radius 1 is 1.04 bits per heavy atom. The van der Waals surface area contributed by atoms with E-state index in [-0.39, 0.29) is 0 Å². The molecule has 2 N–H and O–H groups in total. The molecule has 3 rings (SSSR count). The summed E-state index contributed by atoms with van der Waals surface area (Å²) in [4.78, 5) is 0. The van der Waals surface area contributed by atoms with Gasteiger partial charge in [0.2, 0.25) is 0 Å². The fourth-order valence-electron chi connectivity index (χ4n) is 3.16. The summed E-state index contributed by atoms with van der Waals surface area (Å²) in [6.07, 6.45) is 12.2. The molecule has 1 aliphatic carbocycles. The number of phenols is 1. The summed E-state index contributed by atoms with van der Waals surface area (Å²) in [6.45, 7) is 8.32. The van der Waals surface area contributed by atoms with Gasteiger partial charge in [0, 0.05) is 6.54 Å². The second-order valence-corrected chi connectivity index (χ2v) is 6.14. The molecule has 23 heavy (non-hydrogen) atoms. The van der Waals surface area contributed by atoms with Crippen LogP contribution in [0.5, 0.6) is 5.75 Å². The van der Waals surface area contributed by atoms with Gasteiger partial charge in [0.25, 0.3) is 0 Å². The maximum atomic E-state index is 9.12. The first-order valence-electron chi connectivity index (χ1n) is 9.48. The van der Waals surface area contributed by atoms with Crippen LogP contribution in [0.15, 0.2) is 30.3 Å². The van der Waals surface area contributed by atoms with Crippen LogP contribution in [0.1, 0.15) is 71.3 Å². The second kappa shape index (κ2) is 12.2. The van der Waals surface area contributed by atoms with Gasteiger partial charge in [-0.15, -0.1) is 0 Å². The van der Waals surface area contributed by atoms with Gasteiger partial charge in [0.15, 0.2) is 0 Å². The van der Waals surface area contributed by atoms with E-state index in [1.807, 2.05) is 26.0 Å². The van der Waals surface area contributed by atoms with Crippen LogP contribution in [-0.4, -0.2) is 18.2 Å². The van der Waals surface area contributed by atoms with Gasteiger partial charge in [0.05, 0.1) is 0 Å². The van der Waals surface area contributed by atoms with E-state index in [2.05, 4.69) is 18.3 Å². The third-order valence-electron chi connectivity index (χ3n) is 4.60. The monoisotopic (exact) mass is 317 g/mol. The zero-order chi connectivity index (χ0) is 16.9. The zero-order valence-corrected chi connectivity index (χ0v) is 15.3. The van der Waals surface area contributed by atoms with Crippen molar-refractivity contribution >= 4 is 5.57 Å². The highest BCUT2D eigenvalue weighted by Crippen LogP contribution is 2.25. The van der Waals surface area contributed by atoms with E-state index in [1.54, 1.807) is 12.1 Å². The molecule has 0 saturated heterocycles. The minimum Gasteiger partial charge on any atom is -0.508 e. The van der Waals surface area contributed by atoms with Crippen molar-refractivity contribution in [1.29, 1.82) is 0 Å². The Kier molecular flexibility index (Phi) is 10.5. The zero-order valence-electron chi connectivity index (χ0n) is 15.3. The number of hydrogen-bond donors (Lipinski definition) is 2. The largest absolute Gasteiger partial charge is 0.508 e. The molecule has 1 aliphatic heterocycles. The summed E-state index contributed by atoms with van der Waals surface area (Å²) in [5.41, 5.74) is 2.60. The molecule has 130 valence electrons. The molecule has 2 heteroatoms. The fraction of sp³-hybridized carbons (Fsp3) is 0.619. The highest BCUT2D eigenvalue weighted by Gasteiger charge is 2.09. The molecule has 0 aromatic heterocycles. The Hall–Kier alpha value is -1.28. The number of rotatable bonds is 2. The molecule has 0 radical (unpaired) electrons. The molecular weight excluding hydrogens is 282 g/mol. The average molecular weight is 318 g/mol. The first-order valence-corrected chi connectivity index (χ1v) is 9.48. The molecule has 0 bridgehead atoms. The number of phenolic OH excluding ortho intramolecular Hbond substituents is 1.